The fraction of sp³-hybridized carbons (Fsp3) is 0.344. The smallest absolute Gasteiger partial charge is 0.254 e. The van der Waals surface area contributed by atoms with Crippen LogP contribution in [-0.2, 0) is 0 Å². The Kier molecular flexibility index (Phi) is 7.81. The summed E-state index contributed by atoms with van der Waals surface area (Å²) < 4.78 is 42.0. The first-order chi connectivity index (χ1) is 19.2. The molecule has 8 heteroatoms. The number of nitrogens with zero attached hydrogens (tertiary/aromatic N) is 1. The van der Waals surface area contributed by atoms with Gasteiger partial charge >= 0.3 is 0 Å². The number of allylic oxidation sites excluding steroid dienone is 1. The highest BCUT2D eigenvalue weighted by Crippen LogP contribution is 2.48. The fourth-order valence-electron chi connectivity index (χ4n) is 5.55. The van der Waals surface area contributed by atoms with E-state index < -0.39 is 29.4 Å². The summed E-state index contributed by atoms with van der Waals surface area (Å²) >= 11 is 0. The number of fused-ring (bicyclic) bond motifs is 1. The van der Waals surface area contributed by atoms with Crippen molar-refractivity contribution in [2.75, 3.05) is 26.7 Å². The lowest BCUT2D eigenvalue weighted by atomic mass is 9.85. The second-order valence-corrected chi connectivity index (χ2v) is 10.7. The van der Waals surface area contributed by atoms with Crippen LogP contribution in [0, 0.1) is 17.6 Å². The van der Waals surface area contributed by atoms with Crippen LogP contribution in [0.4, 0.5) is 8.78 Å². The molecule has 1 amide bonds. The topological polar surface area (TPSA) is 71.0 Å². The van der Waals surface area contributed by atoms with E-state index in [4.69, 9.17) is 9.47 Å². The number of nitrogens with one attached hydrogen (secondary N) is 1. The van der Waals surface area contributed by atoms with Gasteiger partial charge < -0.3 is 19.9 Å². The molecule has 1 fully saturated rings. The van der Waals surface area contributed by atoms with Gasteiger partial charge in [-0.05, 0) is 85.8 Å². The number of ether oxygens (including phenoxy) is 2. The van der Waals surface area contributed by atoms with Crippen LogP contribution in [0.1, 0.15) is 60.3 Å². The van der Waals surface area contributed by atoms with E-state index in [1.807, 2.05) is 24.3 Å². The van der Waals surface area contributed by atoms with Gasteiger partial charge in [-0.25, -0.2) is 8.78 Å². The first-order valence-corrected chi connectivity index (χ1v) is 13.6. The number of carbonyl (C=O) groups excluding carboxylic acids is 1. The highest BCUT2D eigenvalue weighted by atomic mass is 19.1. The molecule has 1 unspecified atom stereocenters. The minimum atomic E-state index is -0.801. The molecule has 3 atom stereocenters. The summed E-state index contributed by atoms with van der Waals surface area (Å²) in [6, 6.07) is 14.8. The number of carbonyl (C=O) groups is 1. The fourth-order valence-corrected chi connectivity index (χ4v) is 5.55. The van der Waals surface area contributed by atoms with E-state index in [1.54, 1.807) is 13.0 Å². The molecule has 6 nitrogen and oxygen atoms in total. The Labute approximate surface area is 233 Å². The van der Waals surface area contributed by atoms with E-state index >= 15 is 4.39 Å². The molecule has 3 aromatic rings. The Morgan fingerprint density at radius 3 is 2.60 bits per heavy atom. The summed E-state index contributed by atoms with van der Waals surface area (Å²) in [7, 11) is 1.43. The number of rotatable bonds is 7. The predicted molar refractivity (Wildman–Crippen MR) is 150 cm³/mol. The third-order valence-corrected chi connectivity index (χ3v) is 7.87. The lowest BCUT2D eigenvalue weighted by Gasteiger charge is -2.31. The van der Waals surface area contributed by atoms with E-state index in [9.17, 15) is 14.3 Å². The van der Waals surface area contributed by atoms with Gasteiger partial charge in [0.2, 0.25) is 0 Å². The zero-order valence-electron chi connectivity index (χ0n) is 23.1. The third kappa shape index (κ3) is 5.28. The number of benzene rings is 3. The maximum Gasteiger partial charge on any atom is 0.254 e. The van der Waals surface area contributed by atoms with E-state index in [0.717, 1.165) is 24.4 Å². The van der Waals surface area contributed by atoms with Gasteiger partial charge in [-0.15, -0.1) is 0 Å². The molecule has 210 valence electrons. The van der Waals surface area contributed by atoms with Crippen LogP contribution in [0.3, 0.4) is 0 Å². The van der Waals surface area contributed by atoms with Crippen LogP contribution in [0.15, 0.2) is 54.6 Å². The van der Waals surface area contributed by atoms with E-state index in [1.165, 1.54) is 37.7 Å². The van der Waals surface area contributed by atoms with Gasteiger partial charge in [0.25, 0.3) is 5.91 Å². The second-order valence-electron chi connectivity index (χ2n) is 10.7. The summed E-state index contributed by atoms with van der Waals surface area (Å²) in [4.78, 5) is 14.8. The molecular weight excluding hydrogens is 514 g/mol. The summed E-state index contributed by atoms with van der Waals surface area (Å²) in [5, 5.41) is 12.5. The minimum Gasteiger partial charge on any atom is -0.505 e. The summed E-state index contributed by atoms with van der Waals surface area (Å²) in [5.74, 6) is -0.829. The largest absolute Gasteiger partial charge is 0.505 e. The van der Waals surface area contributed by atoms with Gasteiger partial charge in [-0.1, -0.05) is 25.1 Å². The van der Waals surface area contributed by atoms with Crippen LogP contribution < -0.4 is 14.8 Å². The monoisotopic (exact) mass is 548 g/mol. The number of phenols is 1. The molecule has 2 aliphatic heterocycles. The minimum absolute atomic E-state index is 0.127. The van der Waals surface area contributed by atoms with Crippen molar-refractivity contribution in [3.8, 4) is 17.2 Å². The zero-order chi connectivity index (χ0) is 28.6. The Balaban J connectivity index is 1.48. The highest BCUT2D eigenvalue weighted by molar-refractivity contribution is 5.99. The van der Waals surface area contributed by atoms with Crippen LogP contribution in [-0.4, -0.2) is 48.7 Å². The third-order valence-electron chi connectivity index (χ3n) is 7.87. The first-order valence-electron chi connectivity index (χ1n) is 13.6. The first kappa shape index (κ1) is 27.6. The molecule has 2 aliphatic rings. The molecule has 0 aliphatic carbocycles. The number of aromatic hydroxyl groups is 1. The summed E-state index contributed by atoms with van der Waals surface area (Å²) in [5.41, 5.74) is 2.35. The summed E-state index contributed by atoms with van der Waals surface area (Å²) in [6.07, 6.45) is 0.527. The van der Waals surface area contributed by atoms with E-state index in [2.05, 4.69) is 24.1 Å². The van der Waals surface area contributed by atoms with Crippen molar-refractivity contribution in [1.82, 2.24) is 10.2 Å². The van der Waals surface area contributed by atoms with Crippen molar-refractivity contribution < 1.29 is 28.2 Å². The van der Waals surface area contributed by atoms with Gasteiger partial charge in [0.05, 0.1) is 11.1 Å². The molecule has 0 bridgehead atoms. The molecule has 5 rings (SSSR count). The van der Waals surface area contributed by atoms with Gasteiger partial charge in [0, 0.05) is 25.2 Å². The normalized spacial score (nSPS) is 19.6. The maximum atomic E-state index is 15.1. The Bertz CT molecular complexity index is 1450. The number of halogens is 2. The number of hydrogen-bond acceptors (Lipinski definition) is 5. The molecular formula is C32H34F2N2O4. The van der Waals surface area contributed by atoms with Gasteiger partial charge in [0.15, 0.2) is 11.6 Å². The average molecular weight is 549 g/mol. The Morgan fingerprint density at radius 1 is 1.18 bits per heavy atom. The molecule has 0 spiro atoms. The van der Waals surface area contributed by atoms with Crippen LogP contribution >= 0.6 is 0 Å². The molecule has 0 aromatic heterocycles. The standard InChI is InChI=1S/C32H34F2N2O4/c1-18-13-14-36(16-18)19(2)17-39-23-8-5-21(6-9-23)31-28(22-7-10-25(33)24(15-22)32(38)35-4)20(3)29-27(40-31)12-11-26(37)30(29)34/h5-12,15,18-19,31,37H,13-14,16-17H2,1-4H3,(H,35,38)/t18-,19+,31?/m1/s1. The number of amides is 1. The molecule has 3 aromatic carbocycles. The van der Waals surface area contributed by atoms with Crippen LogP contribution in [0.5, 0.6) is 17.2 Å². The zero-order valence-corrected chi connectivity index (χ0v) is 23.1. The van der Waals surface area contributed by atoms with Gasteiger partial charge in [-0.2, -0.15) is 0 Å². The van der Waals surface area contributed by atoms with Crippen molar-refractivity contribution in [3.63, 3.8) is 0 Å². The van der Waals surface area contributed by atoms with Crippen LogP contribution in [0.25, 0.3) is 11.1 Å². The lowest BCUT2D eigenvalue weighted by molar-refractivity contribution is 0.0959. The Morgan fingerprint density at radius 2 is 1.93 bits per heavy atom. The van der Waals surface area contributed by atoms with Crippen molar-refractivity contribution in [2.24, 2.45) is 5.92 Å². The molecule has 0 saturated carbocycles. The van der Waals surface area contributed by atoms with Crippen LogP contribution in [0.2, 0.25) is 0 Å². The quantitative estimate of drug-likeness (QED) is 0.368. The molecule has 0 radical (unpaired) electrons. The Hall–Kier alpha value is -3.91. The summed E-state index contributed by atoms with van der Waals surface area (Å²) in [6.45, 7) is 8.92. The second kappa shape index (κ2) is 11.3. The number of likely N-dealkylation sites (tertiary alicyclic amines) is 1. The highest BCUT2D eigenvalue weighted by Gasteiger charge is 2.33. The molecule has 2 N–H and O–H groups in total. The molecule has 1 saturated heterocycles. The maximum absolute atomic E-state index is 15.1. The number of hydrogen-bond donors (Lipinski definition) is 2. The number of phenolic OH excluding ortho intramolecular Hbond substituents is 1. The molecule has 2 heterocycles. The van der Waals surface area contributed by atoms with Crippen molar-refractivity contribution in [3.05, 3.63) is 88.5 Å². The lowest BCUT2D eigenvalue weighted by Crippen LogP contribution is -2.35. The van der Waals surface area contributed by atoms with Gasteiger partial charge in [0.1, 0.15) is 30.0 Å². The van der Waals surface area contributed by atoms with Crippen molar-refractivity contribution in [2.45, 2.75) is 39.3 Å². The average Bonchev–Trinajstić information content (AvgIpc) is 3.40. The van der Waals surface area contributed by atoms with E-state index in [0.29, 0.717) is 35.3 Å². The molecule has 40 heavy (non-hydrogen) atoms. The van der Waals surface area contributed by atoms with Crippen molar-refractivity contribution >= 4 is 17.1 Å². The van der Waals surface area contributed by atoms with Gasteiger partial charge in [-0.3, -0.25) is 9.69 Å². The SMILES string of the molecule is CNC(=O)c1cc(C2=C(C)c3c(ccc(O)c3F)OC2c2ccc(OC[C@H](C)N3CC[C@@H](C)C3)cc2)ccc1F. The van der Waals surface area contributed by atoms with Crippen molar-refractivity contribution in [1.29, 1.82) is 0 Å². The predicted octanol–water partition coefficient (Wildman–Crippen LogP) is 6.20. The van der Waals surface area contributed by atoms with E-state index in [-0.39, 0.29) is 16.9 Å².